The Labute approximate surface area is 146 Å². The summed E-state index contributed by atoms with van der Waals surface area (Å²) >= 11 is 0. The van der Waals surface area contributed by atoms with Gasteiger partial charge in [-0.3, -0.25) is 4.79 Å². The van der Waals surface area contributed by atoms with E-state index in [9.17, 15) is 14.0 Å². The first-order chi connectivity index (χ1) is 11.9. The zero-order chi connectivity index (χ0) is 18.4. The van der Waals surface area contributed by atoms with Gasteiger partial charge in [0.05, 0.1) is 6.04 Å². The molecule has 2 rings (SSSR count). The van der Waals surface area contributed by atoms with Crippen molar-refractivity contribution in [3.63, 3.8) is 0 Å². The predicted octanol–water partition coefficient (Wildman–Crippen LogP) is 4.40. The first kappa shape index (κ1) is 18.4. The molecule has 2 aromatic rings. The van der Waals surface area contributed by atoms with Crippen LogP contribution in [0.1, 0.15) is 32.4 Å². The summed E-state index contributed by atoms with van der Waals surface area (Å²) in [5.41, 5.74) is 2.15. The molecule has 0 radical (unpaired) electrons. The molecule has 6 heteroatoms. The Morgan fingerprint density at radius 3 is 2.00 bits per heavy atom. The molecule has 2 N–H and O–H groups in total. The molecule has 0 aliphatic carbocycles. The minimum Gasteiger partial charge on any atom is -0.326 e. The van der Waals surface area contributed by atoms with Crippen molar-refractivity contribution in [2.75, 3.05) is 17.2 Å². The largest absolute Gasteiger partial charge is 0.326 e. The van der Waals surface area contributed by atoms with E-state index in [2.05, 4.69) is 10.6 Å². The third-order valence-corrected chi connectivity index (χ3v) is 3.88. The summed E-state index contributed by atoms with van der Waals surface area (Å²) < 4.78 is 13.1. The summed E-state index contributed by atoms with van der Waals surface area (Å²) in [6.45, 7) is 5.73. The highest BCUT2D eigenvalue weighted by atomic mass is 19.1. The van der Waals surface area contributed by atoms with Gasteiger partial charge in [0.25, 0.3) is 0 Å². The molecule has 0 aliphatic rings. The van der Waals surface area contributed by atoms with Gasteiger partial charge in [-0.25, -0.2) is 9.18 Å². The standard InChI is InChI=1S/C19H22FN3O2/c1-4-23(13(2)15-5-7-16(20)8-6-15)19(25)22-18-11-9-17(10-12-18)21-14(3)24/h5-13H,4H2,1-3H3,(H,21,24)(H,22,25). The number of benzene rings is 2. The molecular weight excluding hydrogens is 321 g/mol. The highest BCUT2D eigenvalue weighted by molar-refractivity contribution is 5.91. The van der Waals surface area contributed by atoms with Crippen molar-refractivity contribution in [1.82, 2.24) is 4.90 Å². The quantitative estimate of drug-likeness (QED) is 0.845. The van der Waals surface area contributed by atoms with Crippen molar-refractivity contribution < 1.29 is 14.0 Å². The monoisotopic (exact) mass is 343 g/mol. The number of anilines is 2. The molecule has 0 bridgehead atoms. The van der Waals surface area contributed by atoms with Crippen LogP contribution >= 0.6 is 0 Å². The van der Waals surface area contributed by atoms with Crippen LogP contribution in [0.4, 0.5) is 20.6 Å². The van der Waals surface area contributed by atoms with E-state index < -0.39 is 0 Å². The summed E-state index contributed by atoms with van der Waals surface area (Å²) in [7, 11) is 0. The lowest BCUT2D eigenvalue weighted by atomic mass is 10.1. The fourth-order valence-corrected chi connectivity index (χ4v) is 2.55. The van der Waals surface area contributed by atoms with Crippen LogP contribution in [0.15, 0.2) is 48.5 Å². The van der Waals surface area contributed by atoms with Gasteiger partial charge in [-0.05, 0) is 55.8 Å². The molecule has 1 atom stereocenters. The van der Waals surface area contributed by atoms with Crippen molar-refractivity contribution in [2.24, 2.45) is 0 Å². The van der Waals surface area contributed by atoms with E-state index in [0.717, 1.165) is 5.56 Å². The molecular formula is C19H22FN3O2. The fourth-order valence-electron chi connectivity index (χ4n) is 2.55. The Bertz CT molecular complexity index is 729. The Morgan fingerprint density at radius 1 is 1.00 bits per heavy atom. The molecule has 3 amide bonds. The summed E-state index contributed by atoms with van der Waals surface area (Å²) in [4.78, 5) is 25.2. The Hall–Kier alpha value is -2.89. The second kappa shape index (κ2) is 8.28. The first-order valence-corrected chi connectivity index (χ1v) is 8.11. The highest BCUT2D eigenvalue weighted by Gasteiger charge is 2.20. The molecule has 0 aliphatic heterocycles. The van der Waals surface area contributed by atoms with E-state index in [-0.39, 0.29) is 23.8 Å². The van der Waals surface area contributed by atoms with Crippen molar-refractivity contribution in [2.45, 2.75) is 26.8 Å². The third-order valence-electron chi connectivity index (χ3n) is 3.88. The Kier molecular flexibility index (Phi) is 6.11. The van der Waals surface area contributed by atoms with Crippen LogP contribution in [-0.4, -0.2) is 23.4 Å². The van der Waals surface area contributed by atoms with Crippen molar-refractivity contribution >= 4 is 23.3 Å². The molecule has 25 heavy (non-hydrogen) atoms. The van der Waals surface area contributed by atoms with Gasteiger partial charge in [-0.2, -0.15) is 0 Å². The predicted molar refractivity (Wildman–Crippen MR) is 97.0 cm³/mol. The number of nitrogens with one attached hydrogen (secondary N) is 2. The van der Waals surface area contributed by atoms with Gasteiger partial charge in [-0.1, -0.05) is 12.1 Å². The number of halogens is 1. The number of carbonyl (C=O) groups excluding carboxylic acids is 2. The van der Waals surface area contributed by atoms with Gasteiger partial charge in [-0.15, -0.1) is 0 Å². The molecule has 0 heterocycles. The molecule has 5 nitrogen and oxygen atoms in total. The number of urea groups is 1. The maximum Gasteiger partial charge on any atom is 0.322 e. The van der Waals surface area contributed by atoms with Crippen LogP contribution in [0.25, 0.3) is 0 Å². The van der Waals surface area contributed by atoms with E-state index in [1.807, 2.05) is 13.8 Å². The number of amides is 3. The lowest BCUT2D eigenvalue weighted by Gasteiger charge is -2.28. The summed E-state index contributed by atoms with van der Waals surface area (Å²) in [6, 6.07) is 12.6. The van der Waals surface area contributed by atoms with Crippen LogP contribution < -0.4 is 10.6 Å². The van der Waals surface area contributed by atoms with Gasteiger partial charge in [0.2, 0.25) is 5.91 Å². The zero-order valence-corrected chi connectivity index (χ0v) is 14.5. The summed E-state index contributed by atoms with van der Waals surface area (Å²) in [6.07, 6.45) is 0. The van der Waals surface area contributed by atoms with E-state index in [4.69, 9.17) is 0 Å². The average molecular weight is 343 g/mol. The maximum atomic E-state index is 13.1. The molecule has 0 saturated heterocycles. The number of hydrogen-bond acceptors (Lipinski definition) is 2. The van der Waals surface area contributed by atoms with Crippen LogP contribution in [0.3, 0.4) is 0 Å². The minimum absolute atomic E-state index is 0.151. The topological polar surface area (TPSA) is 61.4 Å². The zero-order valence-electron chi connectivity index (χ0n) is 14.5. The number of rotatable bonds is 5. The smallest absolute Gasteiger partial charge is 0.322 e. The lowest BCUT2D eigenvalue weighted by Crippen LogP contribution is -2.36. The van der Waals surface area contributed by atoms with Gasteiger partial charge in [0.15, 0.2) is 0 Å². The van der Waals surface area contributed by atoms with E-state index in [1.54, 1.807) is 41.3 Å². The lowest BCUT2D eigenvalue weighted by molar-refractivity contribution is -0.114. The minimum atomic E-state index is -0.303. The van der Waals surface area contributed by atoms with E-state index in [1.165, 1.54) is 19.1 Å². The number of carbonyl (C=O) groups is 2. The SMILES string of the molecule is CCN(C(=O)Nc1ccc(NC(C)=O)cc1)C(C)c1ccc(F)cc1. The van der Waals surface area contributed by atoms with Gasteiger partial charge >= 0.3 is 6.03 Å². The first-order valence-electron chi connectivity index (χ1n) is 8.11. The average Bonchev–Trinajstić information content (AvgIpc) is 2.57. The molecule has 0 fully saturated rings. The third kappa shape index (κ3) is 5.04. The van der Waals surface area contributed by atoms with Crippen LogP contribution in [0, 0.1) is 5.82 Å². The summed E-state index contributed by atoms with van der Waals surface area (Å²) in [5.74, 6) is -0.454. The summed E-state index contributed by atoms with van der Waals surface area (Å²) in [5, 5.41) is 5.51. The van der Waals surface area contributed by atoms with Gasteiger partial charge in [0.1, 0.15) is 5.82 Å². The molecule has 2 aromatic carbocycles. The van der Waals surface area contributed by atoms with Gasteiger partial charge < -0.3 is 15.5 Å². The molecule has 0 saturated carbocycles. The van der Waals surface area contributed by atoms with Crippen molar-refractivity contribution in [3.8, 4) is 0 Å². The maximum absolute atomic E-state index is 13.1. The fraction of sp³-hybridized carbons (Fsp3) is 0.263. The Morgan fingerprint density at radius 2 is 1.52 bits per heavy atom. The molecule has 1 unspecified atom stereocenters. The van der Waals surface area contributed by atoms with Crippen molar-refractivity contribution in [3.05, 3.63) is 59.9 Å². The van der Waals surface area contributed by atoms with Crippen LogP contribution in [-0.2, 0) is 4.79 Å². The van der Waals surface area contributed by atoms with Gasteiger partial charge in [0, 0.05) is 24.8 Å². The molecule has 132 valence electrons. The van der Waals surface area contributed by atoms with E-state index >= 15 is 0 Å². The number of nitrogens with zero attached hydrogens (tertiary/aromatic N) is 1. The number of hydrogen-bond donors (Lipinski definition) is 2. The van der Waals surface area contributed by atoms with E-state index in [0.29, 0.717) is 17.9 Å². The second-order valence-electron chi connectivity index (χ2n) is 5.70. The normalized spacial score (nSPS) is 11.5. The molecule has 0 aromatic heterocycles. The Balaban J connectivity index is 2.06. The second-order valence-corrected chi connectivity index (χ2v) is 5.70. The van der Waals surface area contributed by atoms with Crippen molar-refractivity contribution in [1.29, 1.82) is 0 Å². The van der Waals surface area contributed by atoms with Crippen LogP contribution in [0.5, 0.6) is 0 Å². The molecule has 0 spiro atoms. The highest BCUT2D eigenvalue weighted by Crippen LogP contribution is 2.22. The van der Waals surface area contributed by atoms with Crippen LogP contribution in [0.2, 0.25) is 0 Å².